The van der Waals surface area contributed by atoms with Crippen LogP contribution in [0.25, 0.3) is 0 Å². The number of carbonyl (C=O) groups excluding carboxylic acids is 1. The maximum Gasteiger partial charge on any atom is 0.225 e. The van der Waals surface area contributed by atoms with Gasteiger partial charge in [-0.3, -0.25) is 9.78 Å². The third-order valence-corrected chi connectivity index (χ3v) is 5.24. The van der Waals surface area contributed by atoms with Crippen LogP contribution in [0.3, 0.4) is 0 Å². The first-order valence-electron chi connectivity index (χ1n) is 9.15. The Morgan fingerprint density at radius 1 is 1.17 bits per heavy atom. The van der Waals surface area contributed by atoms with Crippen LogP contribution >= 0.6 is 0 Å². The highest BCUT2D eigenvalue weighted by Crippen LogP contribution is 2.30. The van der Waals surface area contributed by atoms with E-state index in [4.69, 9.17) is 4.98 Å². The summed E-state index contributed by atoms with van der Waals surface area (Å²) < 4.78 is 0. The number of rotatable bonds is 3. The number of anilines is 1. The van der Waals surface area contributed by atoms with Gasteiger partial charge in [0.05, 0.1) is 0 Å². The highest BCUT2D eigenvalue weighted by Gasteiger charge is 2.30. The second kappa shape index (κ2) is 7.09. The van der Waals surface area contributed by atoms with Crippen molar-refractivity contribution in [1.29, 1.82) is 0 Å². The number of carbonyl (C=O) groups is 1. The van der Waals surface area contributed by atoms with Crippen molar-refractivity contribution >= 4 is 11.6 Å². The van der Waals surface area contributed by atoms with Crippen molar-refractivity contribution in [2.45, 2.75) is 33.1 Å². The fourth-order valence-electron chi connectivity index (χ4n) is 3.70. The highest BCUT2D eigenvalue weighted by atomic mass is 16.2. The fraction of sp³-hybridized carbons (Fsp3) is 0.684. The van der Waals surface area contributed by atoms with Crippen LogP contribution in [0.4, 0.5) is 5.69 Å². The van der Waals surface area contributed by atoms with E-state index >= 15 is 0 Å². The van der Waals surface area contributed by atoms with Crippen molar-refractivity contribution in [3.63, 3.8) is 0 Å². The first-order valence-corrected chi connectivity index (χ1v) is 9.15. The van der Waals surface area contributed by atoms with Crippen LogP contribution in [-0.2, 0) is 4.79 Å². The van der Waals surface area contributed by atoms with Crippen LogP contribution in [-0.4, -0.2) is 67.0 Å². The summed E-state index contributed by atoms with van der Waals surface area (Å²) in [5, 5.41) is 0. The van der Waals surface area contributed by atoms with E-state index in [0.717, 1.165) is 57.1 Å². The fourth-order valence-corrected chi connectivity index (χ4v) is 3.70. The van der Waals surface area contributed by atoms with Gasteiger partial charge in [-0.2, -0.15) is 0 Å². The molecule has 2 aliphatic rings. The molecule has 0 aromatic carbocycles. The molecule has 0 unspecified atom stereocenters. The third-order valence-electron chi connectivity index (χ3n) is 5.24. The Labute approximate surface area is 145 Å². The zero-order valence-corrected chi connectivity index (χ0v) is 15.5. The molecule has 132 valence electrons. The summed E-state index contributed by atoms with van der Waals surface area (Å²) in [6, 6.07) is 4.45. The summed E-state index contributed by atoms with van der Waals surface area (Å²) in [5.74, 6) is 0.721. The Hall–Kier alpha value is -1.62. The minimum atomic E-state index is 0.0788. The third kappa shape index (κ3) is 3.72. The number of piperazine rings is 1. The van der Waals surface area contributed by atoms with E-state index in [1.807, 2.05) is 18.7 Å². The maximum atomic E-state index is 12.2. The molecule has 1 aromatic rings. The molecule has 24 heavy (non-hydrogen) atoms. The van der Waals surface area contributed by atoms with E-state index in [1.54, 1.807) is 0 Å². The van der Waals surface area contributed by atoms with Gasteiger partial charge in [-0.1, -0.05) is 13.8 Å². The summed E-state index contributed by atoms with van der Waals surface area (Å²) in [6.07, 6.45) is 1.02. The molecule has 1 amide bonds. The monoisotopic (exact) mass is 330 g/mol. The first kappa shape index (κ1) is 17.2. The van der Waals surface area contributed by atoms with Crippen LogP contribution in [0, 0.1) is 12.8 Å². The molecule has 3 heterocycles. The SMILES string of the molecule is Cc1cc(N2CCN(C)CC2)cc([C@H]2CCN(C(=O)C(C)C)C2)n1. The van der Waals surface area contributed by atoms with Crippen LogP contribution in [0.5, 0.6) is 0 Å². The molecule has 2 saturated heterocycles. The van der Waals surface area contributed by atoms with Gasteiger partial charge in [-0.05, 0) is 32.5 Å². The lowest BCUT2D eigenvalue weighted by atomic mass is 10.0. The van der Waals surface area contributed by atoms with Gasteiger partial charge in [0.25, 0.3) is 0 Å². The normalized spacial score (nSPS) is 22.5. The molecule has 3 rings (SSSR count). The molecule has 2 fully saturated rings. The van der Waals surface area contributed by atoms with E-state index in [1.165, 1.54) is 5.69 Å². The number of amides is 1. The largest absolute Gasteiger partial charge is 0.369 e. The van der Waals surface area contributed by atoms with Crippen molar-refractivity contribution in [1.82, 2.24) is 14.8 Å². The minimum absolute atomic E-state index is 0.0788. The molecule has 0 bridgehead atoms. The van der Waals surface area contributed by atoms with Crippen LogP contribution in [0.1, 0.15) is 37.6 Å². The van der Waals surface area contributed by atoms with Crippen molar-refractivity contribution < 1.29 is 4.79 Å². The number of hydrogen-bond acceptors (Lipinski definition) is 4. The van der Waals surface area contributed by atoms with Crippen molar-refractivity contribution in [2.24, 2.45) is 5.92 Å². The molecule has 0 radical (unpaired) electrons. The van der Waals surface area contributed by atoms with Gasteiger partial charge in [0.1, 0.15) is 0 Å². The van der Waals surface area contributed by atoms with Gasteiger partial charge in [0.15, 0.2) is 0 Å². The molecule has 0 spiro atoms. The zero-order chi connectivity index (χ0) is 17.3. The number of hydrogen-bond donors (Lipinski definition) is 0. The Kier molecular flexibility index (Phi) is 5.09. The van der Waals surface area contributed by atoms with Gasteiger partial charge in [-0.15, -0.1) is 0 Å². The summed E-state index contributed by atoms with van der Waals surface area (Å²) >= 11 is 0. The lowest BCUT2D eigenvalue weighted by molar-refractivity contribution is -0.133. The lowest BCUT2D eigenvalue weighted by Crippen LogP contribution is -2.44. The Morgan fingerprint density at radius 3 is 2.54 bits per heavy atom. The molecule has 1 atom stereocenters. The van der Waals surface area contributed by atoms with Crippen molar-refractivity contribution in [3.8, 4) is 0 Å². The van der Waals surface area contributed by atoms with E-state index in [0.29, 0.717) is 5.92 Å². The first-order chi connectivity index (χ1) is 11.4. The smallest absolute Gasteiger partial charge is 0.225 e. The average molecular weight is 330 g/mol. The molecular formula is C19H30N4O. The van der Waals surface area contributed by atoms with Crippen LogP contribution in [0.15, 0.2) is 12.1 Å². The molecule has 0 N–H and O–H groups in total. The van der Waals surface area contributed by atoms with Gasteiger partial charge >= 0.3 is 0 Å². The Balaban J connectivity index is 1.74. The summed E-state index contributed by atoms with van der Waals surface area (Å²) in [5.41, 5.74) is 3.53. The summed E-state index contributed by atoms with van der Waals surface area (Å²) in [6.45, 7) is 12.1. The second-order valence-electron chi connectivity index (χ2n) is 7.61. The topological polar surface area (TPSA) is 39.7 Å². The van der Waals surface area contributed by atoms with E-state index in [2.05, 4.69) is 35.9 Å². The quantitative estimate of drug-likeness (QED) is 0.851. The molecule has 5 heteroatoms. The number of pyridine rings is 1. The number of aryl methyl sites for hydroxylation is 1. The minimum Gasteiger partial charge on any atom is -0.369 e. The number of likely N-dealkylation sites (N-methyl/N-ethyl adjacent to an activating group) is 1. The van der Waals surface area contributed by atoms with Crippen molar-refractivity contribution in [2.75, 3.05) is 51.2 Å². The predicted octanol–water partition coefficient (Wildman–Crippen LogP) is 2.11. The van der Waals surface area contributed by atoms with Gasteiger partial charge in [-0.25, -0.2) is 0 Å². The standard InChI is InChI=1S/C19H30N4O/c1-14(2)19(24)23-6-5-16(13-23)18-12-17(11-15(3)20-18)22-9-7-21(4)8-10-22/h11-12,14,16H,5-10,13H2,1-4H3/t16-/m0/s1. The zero-order valence-electron chi connectivity index (χ0n) is 15.5. The van der Waals surface area contributed by atoms with E-state index < -0.39 is 0 Å². The number of aromatic nitrogens is 1. The Bertz CT molecular complexity index is 593. The highest BCUT2D eigenvalue weighted by molar-refractivity contribution is 5.78. The lowest BCUT2D eigenvalue weighted by Gasteiger charge is -2.34. The van der Waals surface area contributed by atoms with Crippen LogP contribution in [0.2, 0.25) is 0 Å². The number of nitrogens with zero attached hydrogens (tertiary/aromatic N) is 4. The van der Waals surface area contributed by atoms with E-state index in [9.17, 15) is 4.79 Å². The predicted molar refractivity (Wildman–Crippen MR) is 97.5 cm³/mol. The maximum absolute atomic E-state index is 12.2. The van der Waals surface area contributed by atoms with Gasteiger partial charge < -0.3 is 14.7 Å². The second-order valence-corrected chi connectivity index (χ2v) is 7.61. The molecule has 5 nitrogen and oxygen atoms in total. The summed E-state index contributed by atoms with van der Waals surface area (Å²) in [4.78, 5) is 23.9. The Morgan fingerprint density at radius 2 is 1.88 bits per heavy atom. The molecule has 0 saturated carbocycles. The van der Waals surface area contributed by atoms with E-state index in [-0.39, 0.29) is 11.8 Å². The van der Waals surface area contributed by atoms with Crippen molar-refractivity contribution in [3.05, 3.63) is 23.5 Å². The van der Waals surface area contributed by atoms with Gasteiger partial charge in [0, 0.05) is 68.2 Å². The molecular weight excluding hydrogens is 300 g/mol. The van der Waals surface area contributed by atoms with Gasteiger partial charge in [0.2, 0.25) is 5.91 Å². The van der Waals surface area contributed by atoms with Crippen LogP contribution < -0.4 is 4.90 Å². The number of likely N-dealkylation sites (tertiary alicyclic amines) is 1. The summed E-state index contributed by atoms with van der Waals surface area (Å²) in [7, 11) is 2.18. The molecule has 0 aliphatic carbocycles. The molecule has 1 aromatic heterocycles. The molecule has 2 aliphatic heterocycles. The average Bonchev–Trinajstić information content (AvgIpc) is 3.04.